The normalized spacial score (nSPS) is 21.3. The van der Waals surface area contributed by atoms with E-state index < -0.39 is 0 Å². The quantitative estimate of drug-likeness (QED) is 0.903. The third kappa shape index (κ3) is 3.37. The van der Waals surface area contributed by atoms with Crippen molar-refractivity contribution in [1.29, 1.82) is 0 Å². The zero-order chi connectivity index (χ0) is 15.4. The standard InChI is InChI=1S/C19H22N2O/c1-14-8-7-13-18(20-14)19(22)21-17-12-6-5-11-16(17)15-9-3-2-4-10-15/h2-6,9-12,14,18,20H,7-8,13H2,1H3,(H,21,22). The van der Waals surface area contributed by atoms with Crippen molar-refractivity contribution in [2.24, 2.45) is 0 Å². The van der Waals surface area contributed by atoms with E-state index >= 15 is 0 Å². The van der Waals surface area contributed by atoms with Crippen molar-refractivity contribution in [3.63, 3.8) is 0 Å². The number of anilines is 1. The number of rotatable bonds is 3. The fourth-order valence-electron chi connectivity index (χ4n) is 3.03. The SMILES string of the molecule is CC1CCCC(C(=O)Nc2ccccc2-c2ccccc2)N1. The van der Waals surface area contributed by atoms with Gasteiger partial charge in [0.05, 0.1) is 6.04 Å². The van der Waals surface area contributed by atoms with Crippen molar-refractivity contribution in [3.8, 4) is 11.1 Å². The van der Waals surface area contributed by atoms with Gasteiger partial charge in [0.15, 0.2) is 0 Å². The lowest BCUT2D eigenvalue weighted by atomic mass is 9.98. The lowest BCUT2D eigenvalue weighted by molar-refractivity contribution is -0.118. The van der Waals surface area contributed by atoms with Crippen LogP contribution in [-0.2, 0) is 4.79 Å². The Labute approximate surface area is 131 Å². The van der Waals surface area contributed by atoms with E-state index in [-0.39, 0.29) is 11.9 Å². The van der Waals surface area contributed by atoms with E-state index in [1.165, 1.54) is 0 Å². The summed E-state index contributed by atoms with van der Waals surface area (Å²) in [7, 11) is 0. The van der Waals surface area contributed by atoms with Crippen LogP contribution in [0.5, 0.6) is 0 Å². The second-order valence-electron chi connectivity index (χ2n) is 5.95. The minimum atomic E-state index is -0.0902. The van der Waals surface area contributed by atoms with Crippen LogP contribution < -0.4 is 10.6 Å². The highest BCUT2D eigenvalue weighted by atomic mass is 16.2. The van der Waals surface area contributed by atoms with Crippen molar-refractivity contribution in [1.82, 2.24) is 5.32 Å². The summed E-state index contributed by atoms with van der Waals surface area (Å²) in [5.41, 5.74) is 3.04. The van der Waals surface area contributed by atoms with Gasteiger partial charge >= 0.3 is 0 Å². The molecular weight excluding hydrogens is 272 g/mol. The third-order valence-corrected chi connectivity index (χ3v) is 4.20. The first-order chi connectivity index (χ1) is 10.7. The summed E-state index contributed by atoms with van der Waals surface area (Å²) in [5.74, 6) is 0.0648. The van der Waals surface area contributed by atoms with Crippen molar-refractivity contribution < 1.29 is 4.79 Å². The molecule has 3 rings (SSSR count). The van der Waals surface area contributed by atoms with E-state index in [1.54, 1.807) is 0 Å². The topological polar surface area (TPSA) is 41.1 Å². The molecule has 0 aromatic heterocycles. The average Bonchev–Trinajstić information content (AvgIpc) is 2.56. The highest BCUT2D eigenvalue weighted by Crippen LogP contribution is 2.28. The van der Waals surface area contributed by atoms with Gasteiger partial charge in [-0.3, -0.25) is 4.79 Å². The Morgan fingerprint density at radius 1 is 1.05 bits per heavy atom. The first kappa shape index (κ1) is 14.8. The Morgan fingerprint density at radius 2 is 1.77 bits per heavy atom. The molecule has 22 heavy (non-hydrogen) atoms. The molecule has 1 aliphatic heterocycles. The molecule has 1 aliphatic rings. The van der Waals surface area contributed by atoms with E-state index in [2.05, 4.69) is 29.7 Å². The lowest BCUT2D eigenvalue weighted by Crippen LogP contribution is -2.47. The van der Waals surface area contributed by atoms with Crippen molar-refractivity contribution >= 4 is 11.6 Å². The summed E-state index contributed by atoms with van der Waals surface area (Å²) in [6.07, 6.45) is 3.15. The Hall–Kier alpha value is -2.13. The highest BCUT2D eigenvalue weighted by Gasteiger charge is 2.24. The lowest BCUT2D eigenvalue weighted by Gasteiger charge is -2.28. The molecule has 1 fully saturated rings. The summed E-state index contributed by atoms with van der Waals surface area (Å²) in [6, 6.07) is 18.4. The Balaban J connectivity index is 1.79. The summed E-state index contributed by atoms with van der Waals surface area (Å²) in [4.78, 5) is 12.5. The summed E-state index contributed by atoms with van der Waals surface area (Å²) >= 11 is 0. The molecule has 0 radical (unpaired) electrons. The van der Waals surface area contributed by atoms with Crippen LogP contribution in [0.4, 0.5) is 5.69 Å². The molecule has 0 bridgehead atoms. The molecule has 2 N–H and O–H groups in total. The number of carbonyl (C=O) groups is 1. The molecule has 1 saturated heterocycles. The second-order valence-corrected chi connectivity index (χ2v) is 5.95. The molecule has 1 heterocycles. The van der Waals surface area contributed by atoms with Crippen molar-refractivity contribution in [2.45, 2.75) is 38.3 Å². The van der Waals surface area contributed by atoms with Gasteiger partial charge in [-0.25, -0.2) is 0 Å². The van der Waals surface area contributed by atoms with Crippen LogP contribution in [0.1, 0.15) is 26.2 Å². The first-order valence-electron chi connectivity index (χ1n) is 7.95. The number of benzene rings is 2. The van der Waals surface area contributed by atoms with Gasteiger partial charge in [0.2, 0.25) is 5.91 Å². The second kappa shape index (κ2) is 6.75. The van der Waals surface area contributed by atoms with E-state index in [9.17, 15) is 4.79 Å². The van der Waals surface area contributed by atoms with Crippen LogP contribution in [0, 0.1) is 0 Å². The van der Waals surface area contributed by atoms with E-state index in [4.69, 9.17) is 0 Å². The predicted molar refractivity (Wildman–Crippen MR) is 90.7 cm³/mol. The molecule has 2 aromatic carbocycles. The van der Waals surface area contributed by atoms with E-state index in [0.29, 0.717) is 6.04 Å². The number of hydrogen-bond acceptors (Lipinski definition) is 2. The maximum atomic E-state index is 12.5. The summed E-state index contributed by atoms with van der Waals surface area (Å²) < 4.78 is 0. The van der Waals surface area contributed by atoms with E-state index in [0.717, 1.165) is 36.1 Å². The molecule has 0 aliphatic carbocycles. The fraction of sp³-hybridized carbons (Fsp3) is 0.316. The smallest absolute Gasteiger partial charge is 0.241 e. The molecule has 2 atom stereocenters. The minimum absolute atomic E-state index is 0.0648. The molecule has 2 aromatic rings. The Bertz CT molecular complexity index is 639. The molecule has 3 nitrogen and oxygen atoms in total. The average molecular weight is 294 g/mol. The molecular formula is C19H22N2O. The van der Waals surface area contributed by atoms with Gasteiger partial charge in [-0.15, -0.1) is 0 Å². The monoisotopic (exact) mass is 294 g/mol. The van der Waals surface area contributed by atoms with Gasteiger partial charge in [0.1, 0.15) is 0 Å². The molecule has 1 amide bonds. The van der Waals surface area contributed by atoms with Gasteiger partial charge in [0.25, 0.3) is 0 Å². The number of carbonyl (C=O) groups excluding carboxylic acids is 1. The molecule has 0 saturated carbocycles. The summed E-state index contributed by atoms with van der Waals surface area (Å²) in [6.45, 7) is 2.14. The Kier molecular flexibility index (Phi) is 4.54. The van der Waals surface area contributed by atoms with Crippen molar-refractivity contribution in [2.75, 3.05) is 5.32 Å². The van der Waals surface area contributed by atoms with Crippen molar-refractivity contribution in [3.05, 3.63) is 54.6 Å². The van der Waals surface area contributed by atoms with Crippen LogP contribution in [0.3, 0.4) is 0 Å². The zero-order valence-electron chi connectivity index (χ0n) is 12.9. The van der Waals surface area contributed by atoms with Gasteiger partial charge in [-0.1, -0.05) is 48.5 Å². The van der Waals surface area contributed by atoms with Gasteiger partial charge < -0.3 is 10.6 Å². The van der Waals surface area contributed by atoms with E-state index in [1.807, 2.05) is 42.5 Å². The first-order valence-corrected chi connectivity index (χ1v) is 7.95. The summed E-state index contributed by atoms with van der Waals surface area (Å²) in [5, 5.41) is 6.48. The van der Waals surface area contributed by atoms with Crippen LogP contribution in [0.25, 0.3) is 11.1 Å². The molecule has 3 heteroatoms. The largest absolute Gasteiger partial charge is 0.324 e. The number of para-hydroxylation sites is 1. The van der Waals surface area contributed by atoms with Crippen LogP contribution >= 0.6 is 0 Å². The maximum Gasteiger partial charge on any atom is 0.241 e. The number of nitrogens with one attached hydrogen (secondary N) is 2. The molecule has 0 spiro atoms. The third-order valence-electron chi connectivity index (χ3n) is 4.20. The van der Waals surface area contributed by atoms with Gasteiger partial charge in [-0.05, 0) is 37.8 Å². The highest BCUT2D eigenvalue weighted by molar-refractivity contribution is 5.98. The molecule has 2 unspecified atom stereocenters. The Morgan fingerprint density at radius 3 is 2.55 bits per heavy atom. The van der Waals surface area contributed by atoms with Gasteiger partial charge in [-0.2, -0.15) is 0 Å². The minimum Gasteiger partial charge on any atom is -0.324 e. The maximum absolute atomic E-state index is 12.5. The van der Waals surface area contributed by atoms with Crippen LogP contribution in [0.2, 0.25) is 0 Å². The van der Waals surface area contributed by atoms with Crippen LogP contribution in [-0.4, -0.2) is 18.0 Å². The number of piperidine rings is 1. The van der Waals surface area contributed by atoms with Crippen LogP contribution in [0.15, 0.2) is 54.6 Å². The van der Waals surface area contributed by atoms with Gasteiger partial charge in [0, 0.05) is 17.3 Å². The zero-order valence-corrected chi connectivity index (χ0v) is 12.9. The molecule has 114 valence electrons. The number of amides is 1. The predicted octanol–water partition coefficient (Wildman–Crippen LogP) is 3.82. The fourth-order valence-corrected chi connectivity index (χ4v) is 3.03. The number of hydrogen-bond donors (Lipinski definition) is 2.